The molecular formula is C19H28NO6+. The van der Waals surface area contributed by atoms with E-state index in [0.29, 0.717) is 12.2 Å². The Hall–Kier alpha value is -1.96. The smallest absolute Gasteiger partial charge is 0.367 e. The van der Waals surface area contributed by atoms with Crippen LogP contribution in [-0.2, 0) is 23.7 Å². The summed E-state index contributed by atoms with van der Waals surface area (Å²) in [6.07, 6.45) is -0.112. The van der Waals surface area contributed by atoms with E-state index in [-0.39, 0.29) is 13.2 Å². The second-order valence-electron chi connectivity index (χ2n) is 6.38. The summed E-state index contributed by atoms with van der Waals surface area (Å²) in [5.41, 5.74) is 4.17. The lowest BCUT2D eigenvalue weighted by Gasteiger charge is -2.30. The van der Waals surface area contributed by atoms with Crippen LogP contribution in [0.1, 0.15) is 37.0 Å². The van der Waals surface area contributed by atoms with E-state index in [1.54, 1.807) is 31.2 Å². The highest BCUT2D eigenvalue weighted by molar-refractivity contribution is 5.89. The molecular weight excluding hydrogens is 338 g/mol. The minimum atomic E-state index is -0.770. The van der Waals surface area contributed by atoms with Crippen LogP contribution in [-0.4, -0.2) is 56.1 Å². The van der Waals surface area contributed by atoms with Crippen molar-refractivity contribution in [2.24, 2.45) is 0 Å². The van der Waals surface area contributed by atoms with Crippen molar-refractivity contribution in [1.29, 1.82) is 0 Å². The first kappa shape index (κ1) is 20.4. The number of unbranched alkanes of at least 4 members (excludes halogenated alkanes) is 1. The second kappa shape index (κ2) is 10.3. The molecule has 1 saturated heterocycles. The zero-order valence-corrected chi connectivity index (χ0v) is 15.4. The van der Waals surface area contributed by atoms with E-state index in [2.05, 4.69) is 12.7 Å². The Morgan fingerprint density at radius 1 is 1.27 bits per heavy atom. The summed E-state index contributed by atoms with van der Waals surface area (Å²) in [4.78, 5) is 24.5. The summed E-state index contributed by atoms with van der Waals surface area (Å²) >= 11 is 0. The third kappa shape index (κ3) is 5.79. The molecule has 0 radical (unpaired) electrons. The lowest BCUT2D eigenvalue weighted by Crippen LogP contribution is -2.67. The van der Waals surface area contributed by atoms with Gasteiger partial charge in [-0.25, -0.2) is 9.59 Å². The monoisotopic (exact) mass is 366 g/mol. The summed E-state index contributed by atoms with van der Waals surface area (Å²) in [5.74, 6) is -0.972. The molecule has 3 N–H and O–H groups in total. The minimum Gasteiger partial charge on any atom is -0.454 e. The highest BCUT2D eigenvalue weighted by Gasteiger charge is 2.37. The highest BCUT2D eigenvalue weighted by atomic mass is 16.6. The predicted octanol–water partition coefficient (Wildman–Crippen LogP) is 0.970. The fraction of sp³-hybridized carbons (Fsp3) is 0.579. The molecule has 0 amide bonds. The molecule has 4 atom stereocenters. The molecule has 1 aliphatic rings. The summed E-state index contributed by atoms with van der Waals surface area (Å²) < 4.78 is 22.6. The molecule has 7 heteroatoms. The van der Waals surface area contributed by atoms with Gasteiger partial charge in [0.1, 0.15) is 18.8 Å². The van der Waals surface area contributed by atoms with Crippen LogP contribution in [0, 0.1) is 0 Å². The van der Waals surface area contributed by atoms with Gasteiger partial charge in [0, 0.05) is 6.61 Å². The van der Waals surface area contributed by atoms with Crippen LogP contribution in [0.15, 0.2) is 30.3 Å². The van der Waals surface area contributed by atoms with E-state index < -0.39 is 36.3 Å². The SMILES string of the molecule is CCCCO[C@H]1COC[C@H]([NH3+])C(=O)O[C@@H](C)[C@@H]1OC(=O)c1ccccc1. The Kier molecular flexibility index (Phi) is 8.03. The van der Waals surface area contributed by atoms with E-state index in [9.17, 15) is 9.59 Å². The normalized spacial score (nSPS) is 27.0. The van der Waals surface area contributed by atoms with E-state index in [4.69, 9.17) is 18.9 Å². The fourth-order valence-corrected chi connectivity index (χ4v) is 2.60. The van der Waals surface area contributed by atoms with Gasteiger partial charge < -0.3 is 24.7 Å². The van der Waals surface area contributed by atoms with Gasteiger partial charge in [-0.05, 0) is 25.5 Å². The van der Waals surface area contributed by atoms with Crippen molar-refractivity contribution in [3.63, 3.8) is 0 Å². The van der Waals surface area contributed by atoms with Gasteiger partial charge in [0.2, 0.25) is 6.04 Å². The van der Waals surface area contributed by atoms with Crippen LogP contribution < -0.4 is 5.73 Å². The zero-order valence-electron chi connectivity index (χ0n) is 15.4. The number of benzene rings is 1. The van der Waals surface area contributed by atoms with Gasteiger partial charge in [-0.2, -0.15) is 0 Å². The van der Waals surface area contributed by atoms with Crippen LogP contribution in [0.5, 0.6) is 0 Å². The van der Waals surface area contributed by atoms with E-state index in [1.165, 1.54) is 0 Å². The second-order valence-corrected chi connectivity index (χ2v) is 6.38. The molecule has 0 aliphatic carbocycles. The summed E-state index contributed by atoms with van der Waals surface area (Å²) in [6.45, 7) is 4.60. The Morgan fingerprint density at radius 2 is 2.00 bits per heavy atom. The molecule has 0 unspecified atom stereocenters. The lowest BCUT2D eigenvalue weighted by atomic mass is 10.1. The number of hydrogen-bond donors (Lipinski definition) is 1. The van der Waals surface area contributed by atoms with Crippen LogP contribution in [0.3, 0.4) is 0 Å². The zero-order chi connectivity index (χ0) is 18.9. The number of rotatable bonds is 6. The van der Waals surface area contributed by atoms with Gasteiger partial charge in [-0.1, -0.05) is 31.5 Å². The van der Waals surface area contributed by atoms with Crippen LogP contribution in [0.25, 0.3) is 0 Å². The number of esters is 2. The maximum atomic E-state index is 12.5. The number of ether oxygens (including phenoxy) is 4. The standard InChI is InChI=1S/C19H27NO6/c1-3-4-10-24-16-12-23-11-15(20)19(22)25-13(2)17(16)26-18(21)14-8-6-5-7-9-14/h5-9,13,15-17H,3-4,10-12,20H2,1-2H3/p+1/t13-,15-,16-,17-/m0/s1. The van der Waals surface area contributed by atoms with Gasteiger partial charge in [-0.3, -0.25) is 0 Å². The number of carbonyl (C=O) groups is 2. The molecule has 0 aromatic heterocycles. The third-order valence-corrected chi connectivity index (χ3v) is 4.15. The van der Waals surface area contributed by atoms with Crippen LogP contribution in [0.4, 0.5) is 0 Å². The van der Waals surface area contributed by atoms with Crippen molar-refractivity contribution < 1.29 is 34.3 Å². The van der Waals surface area contributed by atoms with Gasteiger partial charge >= 0.3 is 11.9 Å². The number of hydrogen-bond acceptors (Lipinski definition) is 6. The van der Waals surface area contributed by atoms with E-state index in [0.717, 1.165) is 12.8 Å². The van der Waals surface area contributed by atoms with E-state index >= 15 is 0 Å². The average molecular weight is 366 g/mol. The van der Waals surface area contributed by atoms with Crippen LogP contribution in [0.2, 0.25) is 0 Å². The molecule has 0 spiro atoms. The number of cyclic esters (lactones) is 1. The molecule has 0 saturated carbocycles. The molecule has 7 nitrogen and oxygen atoms in total. The fourth-order valence-electron chi connectivity index (χ4n) is 2.60. The Labute approximate surface area is 153 Å². The van der Waals surface area contributed by atoms with Gasteiger partial charge in [0.25, 0.3) is 0 Å². The maximum absolute atomic E-state index is 12.5. The van der Waals surface area contributed by atoms with Gasteiger partial charge in [0.15, 0.2) is 6.10 Å². The van der Waals surface area contributed by atoms with Crippen molar-refractivity contribution in [1.82, 2.24) is 0 Å². The molecule has 1 aromatic carbocycles. The lowest BCUT2D eigenvalue weighted by molar-refractivity contribution is -0.415. The molecule has 1 heterocycles. The first-order chi connectivity index (χ1) is 12.5. The summed E-state index contributed by atoms with van der Waals surface area (Å²) in [6, 6.07) is 8.05. The molecule has 1 aliphatic heterocycles. The van der Waals surface area contributed by atoms with Crippen molar-refractivity contribution in [3.05, 3.63) is 35.9 Å². The van der Waals surface area contributed by atoms with Crippen molar-refractivity contribution in [3.8, 4) is 0 Å². The van der Waals surface area contributed by atoms with E-state index in [1.807, 2.05) is 6.07 Å². The Morgan fingerprint density at radius 3 is 2.69 bits per heavy atom. The first-order valence-corrected chi connectivity index (χ1v) is 9.01. The molecule has 26 heavy (non-hydrogen) atoms. The first-order valence-electron chi connectivity index (χ1n) is 9.01. The topological polar surface area (TPSA) is 98.7 Å². The molecule has 2 rings (SSSR count). The Balaban J connectivity index is 2.16. The van der Waals surface area contributed by atoms with Crippen molar-refractivity contribution in [2.75, 3.05) is 19.8 Å². The largest absolute Gasteiger partial charge is 0.454 e. The van der Waals surface area contributed by atoms with Gasteiger partial charge in [-0.15, -0.1) is 0 Å². The minimum absolute atomic E-state index is 0.137. The summed E-state index contributed by atoms with van der Waals surface area (Å²) in [7, 11) is 0. The summed E-state index contributed by atoms with van der Waals surface area (Å²) in [5, 5.41) is 0. The van der Waals surface area contributed by atoms with Crippen molar-refractivity contribution >= 4 is 11.9 Å². The number of quaternary nitrogens is 1. The predicted molar refractivity (Wildman–Crippen MR) is 93.3 cm³/mol. The maximum Gasteiger partial charge on any atom is 0.367 e. The third-order valence-electron chi connectivity index (χ3n) is 4.15. The molecule has 1 fully saturated rings. The van der Waals surface area contributed by atoms with Gasteiger partial charge in [0.05, 0.1) is 12.2 Å². The number of carbonyl (C=O) groups excluding carboxylic acids is 2. The Bertz CT molecular complexity index is 579. The van der Waals surface area contributed by atoms with Crippen LogP contribution >= 0.6 is 0 Å². The molecule has 1 aromatic rings. The quantitative estimate of drug-likeness (QED) is 0.595. The highest BCUT2D eigenvalue weighted by Crippen LogP contribution is 2.18. The molecule has 0 bridgehead atoms. The molecule has 144 valence electrons. The van der Waals surface area contributed by atoms with Crippen molar-refractivity contribution in [2.45, 2.75) is 51.0 Å². The average Bonchev–Trinajstić information content (AvgIpc) is 2.69.